The predicted octanol–water partition coefficient (Wildman–Crippen LogP) is 2.65. The Morgan fingerprint density at radius 2 is 2.23 bits per heavy atom. The summed E-state index contributed by atoms with van der Waals surface area (Å²) in [7, 11) is 1.89. The molecule has 2 rings (SSSR count). The Labute approximate surface area is 86.8 Å². The Bertz CT molecular complexity index is 341. The van der Waals surface area contributed by atoms with Crippen molar-refractivity contribution in [3.63, 3.8) is 0 Å². The Morgan fingerprint density at radius 3 is 2.92 bits per heavy atom. The second-order valence-corrected chi connectivity index (χ2v) is 3.80. The minimum Gasteiger partial charge on any atom is -0.490 e. The summed E-state index contributed by atoms with van der Waals surface area (Å²) >= 11 is 11.8. The number of hydrogen-bond acceptors (Lipinski definition) is 2. The lowest BCUT2D eigenvalue weighted by Crippen LogP contribution is -2.17. The van der Waals surface area contributed by atoms with Crippen molar-refractivity contribution in [2.45, 2.75) is 6.04 Å². The summed E-state index contributed by atoms with van der Waals surface area (Å²) in [6.07, 6.45) is 0. The SMILES string of the molecule is CNC1COc2c(Cl)cc(Cl)cc21. The van der Waals surface area contributed by atoms with E-state index in [4.69, 9.17) is 27.9 Å². The molecule has 0 saturated carbocycles. The first-order valence-electron chi connectivity index (χ1n) is 4.01. The highest BCUT2D eigenvalue weighted by molar-refractivity contribution is 6.35. The summed E-state index contributed by atoms with van der Waals surface area (Å²) in [4.78, 5) is 0. The molecule has 0 aromatic heterocycles. The van der Waals surface area contributed by atoms with Crippen molar-refractivity contribution in [1.29, 1.82) is 0 Å². The summed E-state index contributed by atoms with van der Waals surface area (Å²) in [5.74, 6) is 0.755. The first-order valence-corrected chi connectivity index (χ1v) is 4.77. The van der Waals surface area contributed by atoms with Crippen LogP contribution in [0.1, 0.15) is 11.6 Å². The van der Waals surface area contributed by atoms with Crippen molar-refractivity contribution in [1.82, 2.24) is 5.32 Å². The fraction of sp³-hybridized carbons (Fsp3) is 0.333. The molecule has 0 aliphatic carbocycles. The molecular weight excluding hydrogens is 209 g/mol. The molecule has 1 aromatic rings. The molecule has 1 N–H and O–H groups in total. The van der Waals surface area contributed by atoms with E-state index >= 15 is 0 Å². The Kier molecular flexibility index (Phi) is 2.37. The maximum Gasteiger partial charge on any atom is 0.142 e. The molecule has 1 aromatic carbocycles. The van der Waals surface area contributed by atoms with E-state index in [0.29, 0.717) is 16.7 Å². The summed E-state index contributed by atoms with van der Waals surface area (Å²) in [5, 5.41) is 4.36. The van der Waals surface area contributed by atoms with Gasteiger partial charge in [-0.05, 0) is 19.2 Å². The number of likely N-dealkylation sites (N-methyl/N-ethyl adjacent to an activating group) is 1. The number of nitrogens with one attached hydrogen (secondary N) is 1. The van der Waals surface area contributed by atoms with Crippen LogP contribution in [0.5, 0.6) is 5.75 Å². The maximum absolute atomic E-state index is 5.96. The number of ether oxygens (including phenoxy) is 1. The Hall–Kier alpha value is -0.440. The summed E-state index contributed by atoms with van der Waals surface area (Å²) in [6, 6.07) is 3.78. The number of hydrogen-bond donors (Lipinski definition) is 1. The Balaban J connectivity index is 2.51. The quantitative estimate of drug-likeness (QED) is 0.782. The van der Waals surface area contributed by atoms with Crippen LogP contribution in [0.15, 0.2) is 12.1 Å². The van der Waals surface area contributed by atoms with Crippen LogP contribution in [0, 0.1) is 0 Å². The standard InChI is InChI=1S/C9H9Cl2NO/c1-12-8-4-13-9-6(8)2-5(10)3-7(9)11/h2-3,8,12H,4H2,1H3. The average Bonchev–Trinajstić information content (AvgIpc) is 2.47. The van der Waals surface area contributed by atoms with Crippen molar-refractivity contribution in [2.75, 3.05) is 13.7 Å². The van der Waals surface area contributed by atoms with Crippen LogP contribution in [0.2, 0.25) is 10.0 Å². The van der Waals surface area contributed by atoms with Crippen LogP contribution in [0.25, 0.3) is 0 Å². The van der Waals surface area contributed by atoms with Crippen molar-refractivity contribution in [3.05, 3.63) is 27.7 Å². The normalized spacial score (nSPS) is 19.8. The monoisotopic (exact) mass is 217 g/mol. The van der Waals surface area contributed by atoms with Crippen LogP contribution >= 0.6 is 23.2 Å². The third-order valence-electron chi connectivity index (χ3n) is 2.16. The molecule has 0 radical (unpaired) electrons. The highest BCUT2D eigenvalue weighted by Gasteiger charge is 2.25. The van der Waals surface area contributed by atoms with E-state index in [1.54, 1.807) is 6.07 Å². The van der Waals surface area contributed by atoms with Crippen LogP contribution in [0.4, 0.5) is 0 Å². The van der Waals surface area contributed by atoms with E-state index in [2.05, 4.69) is 5.32 Å². The molecule has 1 heterocycles. The zero-order valence-electron chi connectivity index (χ0n) is 7.10. The number of halogens is 2. The molecule has 0 fully saturated rings. The summed E-state index contributed by atoms with van der Waals surface area (Å²) in [5.41, 5.74) is 1.04. The molecular formula is C9H9Cl2NO. The van der Waals surface area contributed by atoms with Crippen molar-refractivity contribution >= 4 is 23.2 Å². The zero-order chi connectivity index (χ0) is 9.42. The van der Waals surface area contributed by atoms with E-state index in [-0.39, 0.29) is 6.04 Å². The lowest BCUT2D eigenvalue weighted by atomic mass is 10.1. The lowest BCUT2D eigenvalue weighted by molar-refractivity contribution is 0.318. The minimum atomic E-state index is 0.200. The van der Waals surface area contributed by atoms with Gasteiger partial charge in [-0.15, -0.1) is 0 Å². The first kappa shape index (κ1) is 9.13. The van der Waals surface area contributed by atoms with Crippen LogP contribution < -0.4 is 10.1 Å². The summed E-state index contributed by atoms with van der Waals surface area (Å²) < 4.78 is 5.43. The molecule has 1 aliphatic heterocycles. The molecule has 0 spiro atoms. The second kappa shape index (κ2) is 3.37. The Morgan fingerprint density at radius 1 is 1.46 bits per heavy atom. The lowest BCUT2D eigenvalue weighted by Gasteiger charge is -2.06. The van der Waals surface area contributed by atoms with E-state index in [0.717, 1.165) is 11.3 Å². The van der Waals surface area contributed by atoms with Gasteiger partial charge in [0.15, 0.2) is 0 Å². The van der Waals surface area contributed by atoms with Crippen LogP contribution in [-0.4, -0.2) is 13.7 Å². The van der Waals surface area contributed by atoms with Gasteiger partial charge in [0.2, 0.25) is 0 Å². The third-order valence-corrected chi connectivity index (χ3v) is 2.65. The number of fused-ring (bicyclic) bond motifs is 1. The molecule has 1 aliphatic rings. The molecule has 0 saturated heterocycles. The molecule has 0 amide bonds. The van der Waals surface area contributed by atoms with Crippen molar-refractivity contribution < 1.29 is 4.74 Å². The van der Waals surface area contributed by atoms with Gasteiger partial charge in [0.1, 0.15) is 12.4 Å². The smallest absolute Gasteiger partial charge is 0.142 e. The number of benzene rings is 1. The molecule has 2 nitrogen and oxygen atoms in total. The van der Waals surface area contributed by atoms with E-state index in [9.17, 15) is 0 Å². The predicted molar refractivity (Wildman–Crippen MR) is 53.8 cm³/mol. The van der Waals surface area contributed by atoms with E-state index in [1.807, 2.05) is 13.1 Å². The highest BCUT2D eigenvalue weighted by Crippen LogP contribution is 2.40. The maximum atomic E-state index is 5.96. The van der Waals surface area contributed by atoms with Gasteiger partial charge in [-0.2, -0.15) is 0 Å². The van der Waals surface area contributed by atoms with Gasteiger partial charge in [-0.1, -0.05) is 23.2 Å². The largest absolute Gasteiger partial charge is 0.490 e. The molecule has 1 atom stereocenters. The first-order chi connectivity index (χ1) is 6.22. The van der Waals surface area contributed by atoms with Gasteiger partial charge in [0, 0.05) is 10.6 Å². The van der Waals surface area contributed by atoms with Crippen molar-refractivity contribution in [3.8, 4) is 5.75 Å². The zero-order valence-corrected chi connectivity index (χ0v) is 8.62. The fourth-order valence-corrected chi connectivity index (χ4v) is 2.05. The molecule has 4 heteroatoms. The second-order valence-electron chi connectivity index (χ2n) is 2.96. The third kappa shape index (κ3) is 1.50. The van der Waals surface area contributed by atoms with E-state index < -0.39 is 0 Å². The van der Waals surface area contributed by atoms with Gasteiger partial charge in [-0.25, -0.2) is 0 Å². The minimum absolute atomic E-state index is 0.200. The van der Waals surface area contributed by atoms with Crippen molar-refractivity contribution in [2.24, 2.45) is 0 Å². The highest BCUT2D eigenvalue weighted by atomic mass is 35.5. The number of rotatable bonds is 1. The van der Waals surface area contributed by atoms with Gasteiger partial charge in [-0.3, -0.25) is 0 Å². The van der Waals surface area contributed by atoms with Gasteiger partial charge in [0.05, 0.1) is 11.1 Å². The summed E-state index contributed by atoms with van der Waals surface area (Å²) in [6.45, 7) is 0.617. The van der Waals surface area contributed by atoms with Crippen LogP contribution in [-0.2, 0) is 0 Å². The molecule has 70 valence electrons. The van der Waals surface area contributed by atoms with Gasteiger partial charge in [0.25, 0.3) is 0 Å². The van der Waals surface area contributed by atoms with Crippen LogP contribution in [0.3, 0.4) is 0 Å². The van der Waals surface area contributed by atoms with Gasteiger partial charge >= 0.3 is 0 Å². The topological polar surface area (TPSA) is 21.3 Å². The molecule has 13 heavy (non-hydrogen) atoms. The molecule has 1 unspecified atom stereocenters. The molecule has 0 bridgehead atoms. The van der Waals surface area contributed by atoms with E-state index in [1.165, 1.54) is 0 Å². The van der Waals surface area contributed by atoms with Gasteiger partial charge < -0.3 is 10.1 Å². The fourth-order valence-electron chi connectivity index (χ4n) is 1.49. The average molecular weight is 218 g/mol.